The Labute approximate surface area is 136 Å². The van der Waals surface area contributed by atoms with Crippen LogP contribution in [0.5, 0.6) is 0 Å². The van der Waals surface area contributed by atoms with Gasteiger partial charge in [0.25, 0.3) is 0 Å². The van der Waals surface area contributed by atoms with Crippen LogP contribution in [0.3, 0.4) is 0 Å². The highest BCUT2D eigenvalue weighted by Gasteiger charge is 2.42. The number of halogens is 2. The summed E-state index contributed by atoms with van der Waals surface area (Å²) in [5.41, 5.74) is -0.152. The van der Waals surface area contributed by atoms with Crippen LogP contribution in [0.25, 0.3) is 11.4 Å². The molecule has 1 N–H and O–H groups in total. The molecular weight excluding hydrogens is 329 g/mol. The van der Waals surface area contributed by atoms with Gasteiger partial charge in [-0.05, 0) is 31.5 Å². The number of carboxylic acids is 1. The van der Waals surface area contributed by atoms with E-state index in [1.807, 2.05) is 0 Å². The van der Waals surface area contributed by atoms with Gasteiger partial charge in [0.1, 0.15) is 0 Å². The number of nitrogens with zero attached hydrogens (tertiary/aromatic N) is 3. The molecule has 8 heteroatoms. The number of carboxylic acid groups (broad SMARTS) is 1. The summed E-state index contributed by atoms with van der Waals surface area (Å²) in [5.74, 6) is -0.459. The maximum absolute atomic E-state index is 11.3. The fourth-order valence-corrected chi connectivity index (χ4v) is 2.97. The number of rotatable bonds is 3. The van der Waals surface area contributed by atoms with Gasteiger partial charge in [0.2, 0.25) is 5.82 Å². The molecule has 1 aliphatic rings. The van der Waals surface area contributed by atoms with Crippen molar-refractivity contribution >= 4 is 35.2 Å². The number of anilines is 1. The molecule has 0 saturated carbocycles. The third-order valence-corrected chi connectivity index (χ3v) is 4.23. The molecule has 0 bridgehead atoms. The van der Waals surface area contributed by atoms with Gasteiger partial charge in [-0.1, -0.05) is 28.4 Å². The summed E-state index contributed by atoms with van der Waals surface area (Å²) in [6.45, 7) is 2.60. The molecule has 1 aliphatic heterocycles. The van der Waals surface area contributed by atoms with Gasteiger partial charge in [0, 0.05) is 28.7 Å². The Hall–Kier alpha value is -1.79. The Bertz CT molecular complexity index is 714. The van der Waals surface area contributed by atoms with Crippen LogP contribution in [0.1, 0.15) is 13.3 Å². The Kier molecular flexibility index (Phi) is 3.74. The largest absolute Gasteiger partial charge is 0.481 e. The summed E-state index contributed by atoms with van der Waals surface area (Å²) in [6.07, 6.45) is 0.531. The van der Waals surface area contributed by atoms with Crippen molar-refractivity contribution in [3.8, 4) is 11.4 Å². The van der Waals surface area contributed by atoms with Crippen molar-refractivity contribution in [2.75, 3.05) is 18.0 Å². The van der Waals surface area contributed by atoms with E-state index in [1.54, 1.807) is 30.0 Å². The van der Waals surface area contributed by atoms with Crippen LogP contribution in [0.2, 0.25) is 10.0 Å². The summed E-state index contributed by atoms with van der Waals surface area (Å²) < 4.78 is 5.24. The molecule has 1 unspecified atom stereocenters. The standard InChI is InChI=1S/C14H13Cl2N3O3/c1-14(12(20)21)2-3-19(7-14)13-17-11(18-22-13)8-4-9(15)6-10(16)5-8/h4-6H,2-3,7H2,1H3,(H,20,21). The average molecular weight is 342 g/mol. The third kappa shape index (κ3) is 2.76. The zero-order valence-corrected chi connectivity index (χ0v) is 13.2. The summed E-state index contributed by atoms with van der Waals surface area (Å²) in [5, 5.41) is 14.1. The highest BCUT2D eigenvalue weighted by Crippen LogP contribution is 2.34. The first-order valence-corrected chi connectivity index (χ1v) is 7.41. The van der Waals surface area contributed by atoms with E-state index in [2.05, 4.69) is 10.1 Å². The van der Waals surface area contributed by atoms with Gasteiger partial charge in [0.15, 0.2) is 0 Å². The zero-order valence-electron chi connectivity index (χ0n) is 11.7. The molecule has 6 nitrogen and oxygen atoms in total. The van der Waals surface area contributed by atoms with Crippen molar-refractivity contribution in [1.82, 2.24) is 10.1 Å². The van der Waals surface area contributed by atoms with E-state index >= 15 is 0 Å². The first kappa shape index (κ1) is 15.1. The van der Waals surface area contributed by atoms with Gasteiger partial charge in [-0.25, -0.2) is 0 Å². The van der Waals surface area contributed by atoms with Crippen LogP contribution in [-0.4, -0.2) is 34.3 Å². The summed E-state index contributed by atoms with van der Waals surface area (Å²) in [7, 11) is 0. The number of carbonyl (C=O) groups is 1. The number of hydrogen-bond donors (Lipinski definition) is 1. The lowest BCUT2D eigenvalue weighted by Crippen LogP contribution is -2.31. The summed E-state index contributed by atoms with van der Waals surface area (Å²) in [4.78, 5) is 17.4. The third-order valence-electron chi connectivity index (χ3n) is 3.80. The van der Waals surface area contributed by atoms with E-state index < -0.39 is 11.4 Å². The van der Waals surface area contributed by atoms with Gasteiger partial charge in [-0.2, -0.15) is 4.98 Å². The lowest BCUT2D eigenvalue weighted by atomic mass is 9.90. The highest BCUT2D eigenvalue weighted by molar-refractivity contribution is 6.35. The van der Waals surface area contributed by atoms with Crippen molar-refractivity contribution in [1.29, 1.82) is 0 Å². The van der Waals surface area contributed by atoms with Crippen LogP contribution in [0, 0.1) is 5.41 Å². The Balaban J connectivity index is 1.84. The molecule has 116 valence electrons. The van der Waals surface area contributed by atoms with E-state index in [0.29, 0.717) is 47.0 Å². The van der Waals surface area contributed by atoms with Gasteiger partial charge in [0.05, 0.1) is 5.41 Å². The van der Waals surface area contributed by atoms with Crippen molar-refractivity contribution < 1.29 is 14.4 Å². The summed E-state index contributed by atoms with van der Waals surface area (Å²) in [6, 6.07) is 5.30. The van der Waals surface area contributed by atoms with Crippen LogP contribution < -0.4 is 4.90 Å². The number of aromatic nitrogens is 2. The minimum absolute atomic E-state index is 0.302. The molecule has 1 saturated heterocycles. The Morgan fingerprint density at radius 1 is 1.36 bits per heavy atom. The molecular formula is C14H13Cl2N3O3. The van der Waals surface area contributed by atoms with Crippen molar-refractivity contribution in [2.45, 2.75) is 13.3 Å². The molecule has 0 aliphatic carbocycles. The maximum Gasteiger partial charge on any atom is 0.324 e. The first-order valence-electron chi connectivity index (χ1n) is 6.66. The minimum atomic E-state index is -0.823. The molecule has 1 atom stereocenters. The zero-order chi connectivity index (χ0) is 15.9. The monoisotopic (exact) mass is 341 g/mol. The average Bonchev–Trinajstić information content (AvgIpc) is 3.04. The van der Waals surface area contributed by atoms with Gasteiger partial charge in [-0.15, -0.1) is 0 Å². The maximum atomic E-state index is 11.3. The molecule has 0 amide bonds. The van der Waals surface area contributed by atoms with Gasteiger partial charge >= 0.3 is 12.0 Å². The van der Waals surface area contributed by atoms with E-state index in [-0.39, 0.29) is 0 Å². The smallest absolute Gasteiger partial charge is 0.324 e. The minimum Gasteiger partial charge on any atom is -0.481 e. The van der Waals surface area contributed by atoms with Gasteiger partial charge in [-0.3, -0.25) is 4.79 Å². The van der Waals surface area contributed by atoms with Crippen LogP contribution in [0.4, 0.5) is 6.01 Å². The van der Waals surface area contributed by atoms with Crippen molar-refractivity contribution in [3.05, 3.63) is 28.2 Å². The Morgan fingerprint density at radius 3 is 2.64 bits per heavy atom. The lowest BCUT2D eigenvalue weighted by Gasteiger charge is -2.18. The van der Waals surface area contributed by atoms with E-state index in [0.717, 1.165) is 0 Å². The summed E-state index contributed by atoms with van der Waals surface area (Å²) >= 11 is 11.9. The topological polar surface area (TPSA) is 79.5 Å². The first-order chi connectivity index (χ1) is 10.4. The van der Waals surface area contributed by atoms with E-state index in [1.165, 1.54) is 0 Å². The number of benzene rings is 1. The molecule has 0 spiro atoms. The fourth-order valence-electron chi connectivity index (χ4n) is 2.44. The SMILES string of the molecule is CC1(C(=O)O)CCN(c2nc(-c3cc(Cl)cc(Cl)c3)no2)C1. The molecule has 22 heavy (non-hydrogen) atoms. The quantitative estimate of drug-likeness (QED) is 0.922. The van der Waals surface area contributed by atoms with E-state index in [9.17, 15) is 9.90 Å². The predicted octanol–water partition coefficient (Wildman–Crippen LogP) is 3.34. The molecule has 1 aromatic heterocycles. The van der Waals surface area contributed by atoms with Crippen molar-refractivity contribution in [2.24, 2.45) is 5.41 Å². The lowest BCUT2D eigenvalue weighted by molar-refractivity contribution is -0.146. The molecule has 2 heterocycles. The van der Waals surface area contributed by atoms with E-state index in [4.69, 9.17) is 27.7 Å². The number of hydrogen-bond acceptors (Lipinski definition) is 5. The normalized spacial score (nSPS) is 21.3. The molecule has 0 radical (unpaired) electrons. The van der Waals surface area contributed by atoms with Gasteiger partial charge < -0.3 is 14.5 Å². The predicted molar refractivity (Wildman–Crippen MR) is 82.3 cm³/mol. The molecule has 1 aromatic carbocycles. The second kappa shape index (κ2) is 5.44. The second-order valence-corrected chi connectivity index (χ2v) is 6.47. The fraction of sp³-hybridized carbons (Fsp3) is 0.357. The molecule has 3 rings (SSSR count). The Morgan fingerprint density at radius 2 is 2.05 bits per heavy atom. The van der Waals surface area contributed by atoms with Crippen LogP contribution in [-0.2, 0) is 4.79 Å². The van der Waals surface area contributed by atoms with Crippen molar-refractivity contribution in [3.63, 3.8) is 0 Å². The molecule has 2 aromatic rings. The second-order valence-electron chi connectivity index (χ2n) is 5.60. The highest BCUT2D eigenvalue weighted by atomic mass is 35.5. The van der Waals surface area contributed by atoms with Crippen LogP contribution >= 0.6 is 23.2 Å². The van der Waals surface area contributed by atoms with Crippen LogP contribution in [0.15, 0.2) is 22.7 Å². The number of aliphatic carboxylic acids is 1. The molecule has 1 fully saturated rings.